The highest BCUT2D eigenvalue weighted by molar-refractivity contribution is 5.98. The van der Waals surface area contributed by atoms with Crippen molar-refractivity contribution in [2.45, 2.75) is 6.42 Å². The van der Waals surface area contributed by atoms with Gasteiger partial charge in [0.15, 0.2) is 0 Å². The number of benzene rings is 2. The second kappa shape index (κ2) is 7.21. The van der Waals surface area contributed by atoms with Gasteiger partial charge in [-0.25, -0.2) is 0 Å². The molecule has 0 aliphatic rings. The molecule has 1 N–H and O–H groups in total. The van der Waals surface area contributed by atoms with Gasteiger partial charge in [0.25, 0.3) is 5.91 Å². The number of aryl methyl sites for hydroxylation is 1. The highest BCUT2D eigenvalue weighted by Crippen LogP contribution is 2.22. The Morgan fingerprint density at radius 2 is 1.88 bits per heavy atom. The smallest absolute Gasteiger partial charge is 0.256 e. The number of nitrogens with one attached hydrogen (secondary N) is 1. The molecule has 0 saturated heterocycles. The molecule has 0 fully saturated rings. The zero-order valence-electron chi connectivity index (χ0n) is 14.3. The van der Waals surface area contributed by atoms with Crippen molar-refractivity contribution >= 4 is 16.8 Å². The number of hydrogen-bond acceptors (Lipinski definition) is 3. The first-order valence-electron chi connectivity index (χ1n) is 8.10. The summed E-state index contributed by atoms with van der Waals surface area (Å²) in [5, 5.41) is 3.30. The van der Waals surface area contributed by atoms with E-state index in [-0.39, 0.29) is 16.9 Å². The predicted molar refractivity (Wildman–Crippen MR) is 98.2 cm³/mol. The van der Waals surface area contributed by atoms with Gasteiger partial charge in [0, 0.05) is 19.8 Å². The number of carbonyl (C=O) groups excluding carboxylic acids is 1. The summed E-state index contributed by atoms with van der Waals surface area (Å²) in [4.78, 5) is 25.1. The Hall–Kier alpha value is -3.08. The molecule has 3 rings (SSSR count). The van der Waals surface area contributed by atoms with Gasteiger partial charge in [-0.2, -0.15) is 0 Å². The van der Waals surface area contributed by atoms with Crippen molar-refractivity contribution in [3.05, 3.63) is 76.1 Å². The van der Waals surface area contributed by atoms with E-state index in [1.54, 1.807) is 43.1 Å². The monoisotopic (exact) mass is 336 g/mol. The Morgan fingerprint density at radius 1 is 1.12 bits per heavy atom. The maximum absolute atomic E-state index is 12.7. The molecule has 0 spiro atoms. The maximum Gasteiger partial charge on any atom is 0.256 e. The third-order valence-electron chi connectivity index (χ3n) is 4.17. The minimum atomic E-state index is -0.360. The fourth-order valence-corrected chi connectivity index (χ4v) is 2.92. The highest BCUT2D eigenvalue weighted by Gasteiger charge is 2.16. The fraction of sp³-hybridized carbons (Fsp3) is 0.200. The average Bonchev–Trinajstić information content (AvgIpc) is 2.64. The molecule has 5 heteroatoms. The summed E-state index contributed by atoms with van der Waals surface area (Å²) >= 11 is 0. The summed E-state index contributed by atoms with van der Waals surface area (Å²) in [6.45, 7) is 0.474. The second-order valence-corrected chi connectivity index (χ2v) is 5.83. The number of carbonyl (C=O) groups is 1. The topological polar surface area (TPSA) is 60.3 Å². The number of aromatic nitrogens is 1. The zero-order chi connectivity index (χ0) is 17.8. The summed E-state index contributed by atoms with van der Waals surface area (Å²) in [7, 11) is 3.36. The molecule has 1 aromatic heterocycles. The largest absolute Gasteiger partial charge is 0.495 e. The van der Waals surface area contributed by atoms with Gasteiger partial charge in [-0.3, -0.25) is 9.59 Å². The zero-order valence-corrected chi connectivity index (χ0v) is 14.3. The SMILES string of the molecule is COc1cccc2c(=O)c(C(=O)NCCc3ccccc3)cn(C)c12. The first-order valence-corrected chi connectivity index (χ1v) is 8.10. The first-order chi connectivity index (χ1) is 12.1. The lowest BCUT2D eigenvalue weighted by Gasteiger charge is -2.12. The Balaban J connectivity index is 1.85. The number of fused-ring (bicyclic) bond motifs is 1. The summed E-state index contributed by atoms with van der Waals surface area (Å²) < 4.78 is 7.07. The summed E-state index contributed by atoms with van der Waals surface area (Å²) in [5.41, 5.74) is 1.66. The molecule has 0 atom stereocenters. The number of rotatable bonds is 5. The van der Waals surface area contributed by atoms with Crippen molar-refractivity contribution < 1.29 is 9.53 Å². The molecule has 0 saturated carbocycles. The molecule has 128 valence electrons. The van der Waals surface area contributed by atoms with E-state index in [9.17, 15) is 9.59 Å². The third kappa shape index (κ3) is 3.40. The van der Waals surface area contributed by atoms with Crippen LogP contribution in [0.25, 0.3) is 10.9 Å². The van der Waals surface area contributed by atoms with Crippen LogP contribution in [0.1, 0.15) is 15.9 Å². The lowest BCUT2D eigenvalue weighted by atomic mass is 10.1. The average molecular weight is 336 g/mol. The molecule has 3 aromatic rings. The Bertz CT molecular complexity index is 962. The maximum atomic E-state index is 12.7. The normalized spacial score (nSPS) is 10.6. The van der Waals surface area contributed by atoms with Crippen LogP contribution in [0.5, 0.6) is 5.75 Å². The molecule has 25 heavy (non-hydrogen) atoms. The second-order valence-electron chi connectivity index (χ2n) is 5.83. The van der Waals surface area contributed by atoms with Gasteiger partial charge in [0.05, 0.1) is 18.0 Å². The van der Waals surface area contributed by atoms with Gasteiger partial charge in [0.1, 0.15) is 11.3 Å². The van der Waals surface area contributed by atoms with E-state index in [1.807, 2.05) is 30.3 Å². The Morgan fingerprint density at radius 3 is 2.60 bits per heavy atom. The molecule has 0 unspecified atom stereocenters. The van der Waals surface area contributed by atoms with Crippen LogP contribution in [0, 0.1) is 0 Å². The standard InChI is InChI=1S/C20H20N2O3/c1-22-13-16(19(23)15-9-6-10-17(25-2)18(15)22)20(24)21-12-11-14-7-4-3-5-8-14/h3-10,13H,11-12H2,1-2H3,(H,21,24). The molecular formula is C20H20N2O3. The number of para-hydroxylation sites is 1. The van der Waals surface area contributed by atoms with Crippen LogP contribution in [0.15, 0.2) is 59.5 Å². The third-order valence-corrected chi connectivity index (χ3v) is 4.17. The fourth-order valence-electron chi connectivity index (χ4n) is 2.92. The van der Waals surface area contributed by atoms with E-state index in [0.717, 1.165) is 5.56 Å². The lowest BCUT2D eigenvalue weighted by Crippen LogP contribution is -2.31. The number of amides is 1. The predicted octanol–water partition coefficient (Wildman–Crippen LogP) is 2.52. The molecule has 0 aliphatic heterocycles. The van der Waals surface area contributed by atoms with E-state index in [4.69, 9.17) is 4.74 Å². The van der Waals surface area contributed by atoms with Crippen LogP contribution in [-0.4, -0.2) is 24.1 Å². The van der Waals surface area contributed by atoms with Crippen LogP contribution in [0.4, 0.5) is 0 Å². The molecule has 1 amide bonds. The molecule has 1 heterocycles. The van der Waals surface area contributed by atoms with Crippen molar-refractivity contribution in [1.29, 1.82) is 0 Å². The summed E-state index contributed by atoms with van der Waals surface area (Å²) in [5.74, 6) is 0.245. The molecular weight excluding hydrogens is 316 g/mol. The number of methoxy groups -OCH3 is 1. The van der Waals surface area contributed by atoms with Gasteiger partial charge < -0.3 is 14.6 Å². The van der Waals surface area contributed by atoms with Crippen LogP contribution in [0.2, 0.25) is 0 Å². The van der Waals surface area contributed by atoms with Crippen LogP contribution in [0.3, 0.4) is 0 Å². The van der Waals surface area contributed by atoms with Gasteiger partial charge in [-0.1, -0.05) is 36.4 Å². The van der Waals surface area contributed by atoms with Crippen molar-refractivity contribution in [1.82, 2.24) is 9.88 Å². The van der Waals surface area contributed by atoms with Gasteiger partial charge in [-0.15, -0.1) is 0 Å². The van der Waals surface area contributed by atoms with Gasteiger partial charge in [-0.05, 0) is 24.1 Å². The lowest BCUT2D eigenvalue weighted by molar-refractivity contribution is 0.0952. The highest BCUT2D eigenvalue weighted by atomic mass is 16.5. The minimum absolute atomic E-state index is 0.135. The molecule has 5 nitrogen and oxygen atoms in total. The van der Waals surface area contributed by atoms with Crippen LogP contribution in [-0.2, 0) is 13.5 Å². The van der Waals surface area contributed by atoms with E-state index < -0.39 is 0 Å². The first kappa shape index (κ1) is 16.8. The number of nitrogens with zero attached hydrogens (tertiary/aromatic N) is 1. The molecule has 0 radical (unpaired) electrons. The molecule has 0 bridgehead atoms. The van der Waals surface area contributed by atoms with Crippen molar-refractivity contribution in [2.75, 3.05) is 13.7 Å². The number of pyridine rings is 1. The van der Waals surface area contributed by atoms with Crippen molar-refractivity contribution in [3.8, 4) is 5.75 Å². The van der Waals surface area contributed by atoms with E-state index in [0.29, 0.717) is 29.6 Å². The van der Waals surface area contributed by atoms with Crippen molar-refractivity contribution in [3.63, 3.8) is 0 Å². The Kier molecular flexibility index (Phi) is 4.84. The van der Waals surface area contributed by atoms with E-state index >= 15 is 0 Å². The van der Waals surface area contributed by atoms with Gasteiger partial charge in [0.2, 0.25) is 5.43 Å². The molecule has 0 aliphatic carbocycles. The summed E-state index contributed by atoms with van der Waals surface area (Å²) in [6.07, 6.45) is 2.28. The van der Waals surface area contributed by atoms with Gasteiger partial charge >= 0.3 is 0 Å². The number of ether oxygens (including phenoxy) is 1. The van der Waals surface area contributed by atoms with Crippen molar-refractivity contribution in [2.24, 2.45) is 7.05 Å². The van der Waals surface area contributed by atoms with Crippen LogP contribution >= 0.6 is 0 Å². The molecule has 2 aromatic carbocycles. The number of hydrogen-bond donors (Lipinski definition) is 1. The van der Waals surface area contributed by atoms with Crippen LogP contribution < -0.4 is 15.5 Å². The quantitative estimate of drug-likeness (QED) is 0.779. The summed E-state index contributed by atoms with van der Waals surface area (Å²) in [6, 6.07) is 15.1. The Labute approximate surface area is 145 Å². The van der Waals surface area contributed by atoms with E-state index in [2.05, 4.69) is 5.32 Å². The van der Waals surface area contributed by atoms with E-state index in [1.165, 1.54) is 0 Å². The minimum Gasteiger partial charge on any atom is -0.495 e.